The van der Waals surface area contributed by atoms with Crippen LogP contribution in [0.5, 0.6) is 0 Å². The number of nitrogens with one attached hydrogen (secondary N) is 2. The van der Waals surface area contributed by atoms with E-state index in [1.54, 1.807) is 13.8 Å². The van der Waals surface area contributed by atoms with E-state index in [-0.39, 0.29) is 5.01 Å². The van der Waals surface area contributed by atoms with Crippen molar-refractivity contribution in [2.45, 2.75) is 32.5 Å². The molecule has 2 heterocycles. The smallest absolute Gasteiger partial charge is 0.343 e. The average Bonchev–Trinajstić information content (AvgIpc) is 3.03. The van der Waals surface area contributed by atoms with Crippen LogP contribution in [0.3, 0.4) is 0 Å². The number of rotatable bonds is 4. The van der Waals surface area contributed by atoms with E-state index in [9.17, 15) is 18.0 Å². The highest BCUT2D eigenvalue weighted by atomic mass is 32.1. The van der Waals surface area contributed by atoms with Crippen LogP contribution in [0, 0.1) is 6.92 Å². The Labute approximate surface area is 122 Å². The molecule has 0 spiro atoms. The maximum atomic E-state index is 12.6. The van der Waals surface area contributed by atoms with Crippen molar-refractivity contribution >= 4 is 17.2 Å². The van der Waals surface area contributed by atoms with Gasteiger partial charge in [0.1, 0.15) is 5.01 Å². The Kier molecular flexibility index (Phi) is 4.31. The highest BCUT2D eigenvalue weighted by molar-refractivity contribution is 7.09. The van der Waals surface area contributed by atoms with Crippen molar-refractivity contribution in [3.05, 3.63) is 33.5 Å². The quantitative estimate of drug-likeness (QED) is 0.910. The van der Waals surface area contributed by atoms with Gasteiger partial charge in [0.2, 0.25) is 0 Å². The van der Waals surface area contributed by atoms with Gasteiger partial charge >= 0.3 is 6.18 Å². The van der Waals surface area contributed by atoms with Crippen LogP contribution in [-0.2, 0) is 6.18 Å². The van der Waals surface area contributed by atoms with Gasteiger partial charge in [0, 0.05) is 11.1 Å². The van der Waals surface area contributed by atoms with Crippen LogP contribution in [0.25, 0.3) is 0 Å². The van der Waals surface area contributed by atoms with Crippen molar-refractivity contribution in [3.8, 4) is 0 Å². The lowest BCUT2D eigenvalue weighted by Gasteiger charge is -2.14. The van der Waals surface area contributed by atoms with Crippen LogP contribution in [0.15, 0.2) is 11.6 Å². The second kappa shape index (κ2) is 5.84. The van der Waals surface area contributed by atoms with Gasteiger partial charge < -0.3 is 5.32 Å². The summed E-state index contributed by atoms with van der Waals surface area (Å²) in [5.41, 5.74) is 0.0215. The fourth-order valence-electron chi connectivity index (χ4n) is 1.73. The zero-order chi connectivity index (χ0) is 15.6. The molecule has 2 aromatic heterocycles. The number of hydrogen-bond donors (Lipinski definition) is 2. The summed E-state index contributed by atoms with van der Waals surface area (Å²) < 4.78 is 37.7. The number of thiazole rings is 1. The average molecular weight is 318 g/mol. The number of aromatic nitrogens is 3. The monoisotopic (exact) mass is 318 g/mol. The standard InChI is InChI=1S/C12H13F3N4OS/c1-3-8(11-18-9(5-21-11)12(13,14)15)17-10(20)7-4-16-19-6(7)2/h4-5,8H,3H2,1-2H3,(H,16,19)(H,17,20)/t8-/m1/s1. The summed E-state index contributed by atoms with van der Waals surface area (Å²) in [5, 5.41) is 10.2. The van der Waals surface area contributed by atoms with Gasteiger partial charge in [0.25, 0.3) is 5.91 Å². The first-order valence-corrected chi connectivity index (χ1v) is 7.04. The van der Waals surface area contributed by atoms with Gasteiger partial charge in [-0.2, -0.15) is 18.3 Å². The van der Waals surface area contributed by atoms with Crippen LogP contribution in [0.1, 0.15) is 46.1 Å². The number of aromatic amines is 1. The van der Waals surface area contributed by atoms with E-state index in [1.165, 1.54) is 6.20 Å². The topological polar surface area (TPSA) is 70.7 Å². The van der Waals surface area contributed by atoms with E-state index in [2.05, 4.69) is 20.5 Å². The highest BCUT2D eigenvalue weighted by Gasteiger charge is 2.34. The molecule has 2 rings (SSSR count). The zero-order valence-electron chi connectivity index (χ0n) is 11.3. The molecule has 0 unspecified atom stereocenters. The van der Waals surface area contributed by atoms with Gasteiger partial charge in [-0.05, 0) is 13.3 Å². The molecule has 0 aliphatic heterocycles. The van der Waals surface area contributed by atoms with E-state index in [0.717, 1.165) is 16.7 Å². The summed E-state index contributed by atoms with van der Waals surface area (Å²) in [4.78, 5) is 15.6. The number of aryl methyl sites for hydroxylation is 1. The SMILES string of the molecule is CC[C@@H](NC(=O)c1cn[nH]c1C)c1nc(C(F)(F)F)cs1. The van der Waals surface area contributed by atoms with Crippen molar-refractivity contribution in [2.75, 3.05) is 0 Å². The minimum absolute atomic E-state index is 0.235. The molecule has 2 aromatic rings. The third-order valence-corrected chi connectivity index (χ3v) is 3.86. The normalized spacial score (nSPS) is 13.2. The number of amides is 1. The van der Waals surface area contributed by atoms with Crippen LogP contribution in [0.2, 0.25) is 0 Å². The lowest BCUT2D eigenvalue weighted by molar-refractivity contribution is -0.140. The Bertz CT molecular complexity index is 634. The number of H-pyrrole nitrogens is 1. The first kappa shape index (κ1) is 15.5. The summed E-state index contributed by atoms with van der Waals surface area (Å²) in [7, 11) is 0. The lowest BCUT2D eigenvalue weighted by atomic mass is 10.2. The zero-order valence-corrected chi connectivity index (χ0v) is 12.1. The molecule has 0 bridgehead atoms. The number of halogens is 3. The van der Waals surface area contributed by atoms with Gasteiger partial charge in [0.05, 0.1) is 17.8 Å². The predicted molar refractivity (Wildman–Crippen MR) is 70.9 cm³/mol. The van der Waals surface area contributed by atoms with E-state index in [0.29, 0.717) is 17.7 Å². The largest absolute Gasteiger partial charge is 0.434 e. The minimum Gasteiger partial charge on any atom is -0.343 e. The number of hydrogen-bond acceptors (Lipinski definition) is 4. The van der Waals surface area contributed by atoms with E-state index in [4.69, 9.17) is 0 Å². The summed E-state index contributed by atoms with van der Waals surface area (Å²) in [6, 6.07) is -0.562. The van der Waals surface area contributed by atoms with Gasteiger partial charge in [0.15, 0.2) is 5.69 Å². The summed E-state index contributed by atoms with van der Waals surface area (Å²) in [5.74, 6) is -0.392. The van der Waals surface area contributed by atoms with Crippen LogP contribution < -0.4 is 5.32 Å². The Morgan fingerprint density at radius 3 is 2.71 bits per heavy atom. The maximum Gasteiger partial charge on any atom is 0.434 e. The van der Waals surface area contributed by atoms with E-state index >= 15 is 0 Å². The first-order chi connectivity index (χ1) is 9.82. The van der Waals surface area contributed by atoms with Gasteiger partial charge in [-0.15, -0.1) is 11.3 Å². The maximum absolute atomic E-state index is 12.6. The molecule has 21 heavy (non-hydrogen) atoms. The van der Waals surface area contributed by atoms with Crippen molar-refractivity contribution in [3.63, 3.8) is 0 Å². The molecule has 114 valence electrons. The molecule has 9 heteroatoms. The molecular formula is C12H13F3N4OS. The Hall–Kier alpha value is -1.90. The van der Waals surface area contributed by atoms with Crippen molar-refractivity contribution in [1.29, 1.82) is 0 Å². The molecular weight excluding hydrogens is 305 g/mol. The third-order valence-electron chi connectivity index (χ3n) is 2.90. The first-order valence-electron chi connectivity index (χ1n) is 6.16. The van der Waals surface area contributed by atoms with E-state index in [1.807, 2.05) is 0 Å². The number of carbonyl (C=O) groups is 1. The van der Waals surface area contributed by atoms with Crippen LogP contribution in [0.4, 0.5) is 13.2 Å². The summed E-state index contributed by atoms with van der Waals surface area (Å²) >= 11 is 0.883. The van der Waals surface area contributed by atoms with Crippen molar-refractivity contribution in [1.82, 2.24) is 20.5 Å². The highest BCUT2D eigenvalue weighted by Crippen LogP contribution is 2.32. The molecule has 0 radical (unpaired) electrons. The molecule has 0 aliphatic carbocycles. The molecule has 0 saturated carbocycles. The van der Waals surface area contributed by atoms with Crippen LogP contribution in [-0.4, -0.2) is 21.1 Å². The van der Waals surface area contributed by atoms with E-state index < -0.39 is 23.8 Å². The number of carbonyl (C=O) groups excluding carboxylic acids is 1. The van der Waals surface area contributed by atoms with Gasteiger partial charge in [-0.1, -0.05) is 6.92 Å². The molecule has 1 atom stereocenters. The lowest BCUT2D eigenvalue weighted by Crippen LogP contribution is -2.28. The molecule has 0 saturated heterocycles. The molecule has 0 aliphatic rings. The fraction of sp³-hybridized carbons (Fsp3) is 0.417. The summed E-state index contributed by atoms with van der Waals surface area (Å²) in [6.45, 7) is 3.45. The summed E-state index contributed by atoms with van der Waals surface area (Å²) in [6.07, 6.45) is -2.66. The van der Waals surface area contributed by atoms with Gasteiger partial charge in [-0.25, -0.2) is 4.98 Å². The Balaban J connectivity index is 2.15. The van der Waals surface area contributed by atoms with Gasteiger partial charge in [-0.3, -0.25) is 9.89 Å². The fourth-order valence-corrected chi connectivity index (χ4v) is 2.69. The number of alkyl halides is 3. The Morgan fingerprint density at radius 1 is 1.52 bits per heavy atom. The number of nitrogens with zero attached hydrogens (tertiary/aromatic N) is 2. The molecule has 1 amide bonds. The molecule has 2 N–H and O–H groups in total. The van der Waals surface area contributed by atoms with Crippen molar-refractivity contribution in [2.24, 2.45) is 0 Å². The molecule has 0 fully saturated rings. The third kappa shape index (κ3) is 3.41. The minimum atomic E-state index is -4.47. The Morgan fingerprint density at radius 2 is 2.24 bits per heavy atom. The predicted octanol–water partition coefficient (Wildman–Crippen LogP) is 3.07. The molecule has 5 nitrogen and oxygen atoms in total. The second-order valence-corrected chi connectivity index (χ2v) is 5.30. The van der Waals surface area contributed by atoms with Crippen LogP contribution >= 0.6 is 11.3 Å². The van der Waals surface area contributed by atoms with Crippen molar-refractivity contribution < 1.29 is 18.0 Å². The molecule has 0 aromatic carbocycles. The second-order valence-electron chi connectivity index (χ2n) is 4.41.